The molecule has 0 atom stereocenters. The minimum Gasteiger partial charge on any atom is -0.329 e. The molecule has 14 heavy (non-hydrogen) atoms. The zero-order valence-electron chi connectivity index (χ0n) is 10.1. The van der Waals surface area contributed by atoms with Crippen LogP contribution in [0, 0.1) is 5.41 Å². The summed E-state index contributed by atoms with van der Waals surface area (Å²) in [5.74, 6) is 0. The van der Waals surface area contributed by atoms with E-state index in [9.17, 15) is 0 Å². The quantitative estimate of drug-likeness (QED) is 0.734. The molecular weight excluding hydrogens is 172 g/mol. The van der Waals surface area contributed by atoms with E-state index < -0.39 is 0 Å². The summed E-state index contributed by atoms with van der Waals surface area (Å²) in [7, 11) is 0. The second-order valence-electron chi connectivity index (χ2n) is 5.72. The van der Waals surface area contributed by atoms with Crippen LogP contribution < -0.4 is 5.73 Å². The molecule has 0 aromatic rings. The first kappa shape index (κ1) is 12.0. The molecule has 1 aliphatic carbocycles. The summed E-state index contributed by atoms with van der Waals surface area (Å²) < 4.78 is 0. The zero-order valence-corrected chi connectivity index (χ0v) is 10.1. The van der Waals surface area contributed by atoms with Crippen molar-refractivity contribution in [2.24, 2.45) is 11.1 Å². The summed E-state index contributed by atoms with van der Waals surface area (Å²) in [6.07, 6.45) is 5.49. The molecule has 2 N–H and O–H groups in total. The van der Waals surface area contributed by atoms with Gasteiger partial charge in [0, 0.05) is 19.1 Å². The molecule has 1 saturated carbocycles. The van der Waals surface area contributed by atoms with E-state index in [1.54, 1.807) is 0 Å². The van der Waals surface area contributed by atoms with Crippen molar-refractivity contribution in [1.82, 2.24) is 4.90 Å². The van der Waals surface area contributed by atoms with Gasteiger partial charge in [-0.3, -0.25) is 4.90 Å². The zero-order chi connectivity index (χ0) is 10.6. The van der Waals surface area contributed by atoms with Crippen molar-refractivity contribution in [1.29, 1.82) is 0 Å². The fraction of sp³-hybridized carbons (Fsp3) is 1.00. The topological polar surface area (TPSA) is 29.3 Å². The largest absolute Gasteiger partial charge is 0.329 e. The van der Waals surface area contributed by atoms with Crippen LogP contribution in [0.1, 0.15) is 46.5 Å². The number of hydrogen-bond acceptors (Lipinski definition) is 2. The second-order valence-corrected chi connectivity index (χ2v) is 5.72. The average Bonchev–Trinajstić information content (AvgIpc) is 1.95. The van der Waals surface area contributed by atoms with Gasteiger partial charge in [-0.25, -0.2) is 0 Å². The van der Waals surface area contributed by atoms with Gasteiger partial charge < -0.3 is 5.73 Å². The van der Waals surface area contributed by atoms with Gasteiger partial charge in [0.05, 0.1) is 0 Å². The van der Waals surface area contributed by atoms with Crippen LogP contribution in [0.4, 0.5) is 0 Å². The Morgan fingerprint density at radius 3 is 2.21 bits per heavy atom. The van der Waals surface area contributed by atoms with E-state index in [2.05, 4.69) is 25.7 Å². The SMILES string of the molecule is CC(C)(C)CCN(CCN)C1CCC1. The monoisotopic (exact) mass is 198 g/mol. The molecular formula is C12H26N2. The smallest absolute Gasteiger partial charge is 0.0108 e. The summed E-state index contributed by atoms with van der Waals surface area (Å²) >= 11 is 0. The molecule has 2 heteroatoms. The first-order valence-electron chi connectivity index (χ1n) is 5.97. The third-order valence-electron chi connectivity index (χ3n) is 3.16. The fourth-order valence-electron chi connectivity index (χ4n) is 1.87. The van der Waals surface area contributed by atoms with Gasteiger partial charge in [-0.1, -0.05) is 27.2 Å². The van der Waals surface area contributed by atoms with Gasteiger partial charge >= 0.3 is 0 Å². The Kier molecular flexibility index (Phi) is 4.39. The number of rotatable bonds is 5. The average molecular weight is 198 g/mol. The number of nitrogens with two attached hydrogens (primary N) is 1. The van der Waals surface area contributed by atoms with E-state index in [-0.39, 0.29) is 0 Å². The van der Waals surface area contributed by atoms with Crippen molar-refractivity contribution in [3.05, 3.63) is 0 Å². The van der Waals surface area contributed by atoms with Gasteiger partial charge in [0.1, 0.15) is 0 Å². The maximum atomic E-state index is 5.64. The maximum Gasteiger partial charge on any atom is 0.0108 e. The molecule has 0 bridgehead atoms. The lowest BCUT2D eigenvalue weighted by molar-refractivity contribution is 0.115. The van der Waals surface area contributed by atoms with Gasteiger partial charge in [0.25, 0.3) is 0 Å². The van der Waals surface area contributed by atoms with Gasteiger partial charge in [-0.2, -0.15) is 0 Å². The third kappa shape index (κ3) is 3.97. The van der Waals surface area contributed by atoms with Crippen LogP contribution in [0.2, 0.25) is 0 Å². The van der Waals surface area contributed by atoms with Crippen LogP contribution in [0.25, 0.3) is 0 Å². The van der Waals surface area contributed by atoms with Crippen LogP contribution in [-0.4, -0.2) is 30.6 Å². The molecule has 1 fully saturated rings. The summed E-state index contributed by atoms with van der Waals surface area (Å²) in [4.78, 5) is 2.59. The minimum absolute atomic E-state index is 0.455. The highest BCUT2D eigenvalue weighted by Crippen LogP contribution is 2.26. The van der Waals surface area contributed by atoms with E-state index in [1.807, 2.05) is 0 Å². The third-order valence-corrected chi connectivity index (χ3v) is 3.16. The molecule has 0 spiro atoms. The highest BCUT2D eigenvalue weighted by molar-refractivity contribution is 4.81. The summed E-state index contributed by atoms with van der Waals surface area (Å²) in [5, 5.41) is 0. The van der Waals surface area contributed by atoms with Crippen LogP contribution in [-0.2, 0) is 0 Å². The van der Waals surface area contributed by atoms with Crippen LogP contribution in [0.3, 0.4) is 0 Å². The predicted octanol–water partition coefficient (Wildman–Crippen LogP) is 2.24. The highest BCUT2D eigenvalue weighted by atomic mass is 15.2. The van der Waals surface area contributed by atoms with Gasteiger partial charge in [-0.15, -0.1) is 0 Å². The van der Waals surface area contributed by atoms with Crippen LogP contribution in [0.15, 0.2) is 0 Å². The molecule has 2 nitrogen and oxygen atoms in total. The molecule has 0 aromatic carbocycles. The van der Waals surface area contributed by atoms with Gasteiger partial charge in [-0.05, 0) is 31.2 Å². The Bertz CT molecular complexity index is 156. The highest BCUT2D eigenvalue weighted by Gasteiger charge is 2.25. The predicted molar refractivity (Wildman–Crippen MR) is 62.3 cm³/mol. The first-order valence-corrected chi connectivity index (χ1v) is 5.97. The summed E-state index contributed by atoms with van der Waals surface area (Å²) in [5.41, 5.74) is 6.10. The summed E-state index contributed by atoms with van der Waals surface area (Å²) in [6, 6.07) is 0.848. The lowest BCUT2D eigenvalue weighted by Crippen LogP contribution is -2.44. The first-order chi connectivity index (χ1) is 6.53. The van der Waals surface area contributed by atoms with E-state index >= 15 is 0 Å². The number of hydrogen-bond donors (Lipinski definition) is 1. The van der Waals surface area contributed by atoms with Crippen molar-refractivity contribution in [2.45, 2.75) is 52.5 Å². The molecule has 0 unspecified atom stereocenters. The Hall–Kier alpha value is -0.0800. The molecule has 0 amide bonds. The Balaban J connectivity index is 2.27. The van der Waals surface area contributed by atoms with Crippen molar-refractivity contribution in [3.63, 3.8) is 0 Å². The fourth-order valence-corrected chi connectivity index (χ4v) is 1.87. The molecule has 84 valence electrons. The van der Waals surface area contributed by atoms with E-state index in [4.69, 9.17) is 5.73 Å². The van der Waals surface area contributed by atoms with E-state index in [1.165, 1.54) is 32.2 Å². The Labute approximate surface area is 88.8 Å². The van der Waals surface area contributed by atoms with Crippen molar-refractivity contribution < 1.29 is 0 Å². The normalized spacial score (nSPS) is 18.6. The molecule has 1 aliphatic rings. The van der Waals surface area contributed by atoms with E-state index in [0.29, 0.717) is 5.41 Å². The second kappa shape index (κ2) is 5.13. The lowest BCUT2D eigenvalue weighted by Gasteiger charge is -2.38. The van der Waals surface area contributed by atoms with Gasteiger partial charge in [0.15, 0.2) is 0 Å². The number of nitrogens with zero attached hydrogens (tertiary/aromatic N) is 1. The summed E-state index contributed by atoms with van der Waals surface area (Å²) in [6.45, 7) is 10.1. The molecule has 0 radical (unpaired) electrons. The van der Waals surface area contributed by atoms with E-state index in [0.717, 1.165) is 19.1 Å². The lowest BCUT2D eigenvalue weighted by atomic mass is 9.88. The molecule has 1 rings (SSSR count). The molecule has 0 heterocycles. The van der Waals surface area contributed by atoms with Crippen LogP contribution in [0.5, 0.6) is 0 Å². The Morgan fingerprint density at radius 2 is 1.86 bits per heavy atom. The molecule has 0 aromatic heterocycles. The molecule has 0 saturated heterocycles. The standard InChI is InChI=1S/C12H26N2/c1-12(2,3)7-9-14(10-8-13)11-5-4-6-11/h11H,4-10,13H2,1-3H3. The van der Waals surface area contributed by atoms with Gasteiger partial charge in [0.2, 0.25) is 0 Å². The Morgan fingerprint density at radius 1 is 1.21 bits per heavy atom. The van der Waals surface area contributed by atoms with Crippen LogP contribution >= 0.6 is 0 Å². The maximum absolute atomic E-state index is 5.64. The van der Waals surface area contributed by atoms with Crippen molar-refractivity contribution >= 4 is 0 Å². The van der Waals surface area contributed by atoms with Crippen molar-refractivity contribution in [3.8, 4) is 0 Å². The van der Waals surface area contributed by atoms with Crippen molar-refractivity contribution in [2.75, 3.05) is 19.6 Å². The molecule has 0 aliphatic heterocycles. The minimum atomic E-state index is 0.455.